The van der Waals surface area contributed by atoms with Crippen LogP contribution in [0.3, 0.4) is 0 Å². The summed E-state index contributed by atoms with van der Waals surface area (Å²) in [6, 6.07) is 14.1. The molecule has 1 aliphatic carbocycles. The van der Waals surface area contributed by atoms with Crippen molar-refractivity contribution in [3.05, 3.63) is 83.9 Å². The molecule has 0 aliphatic heterocycles. The molecule has 1 aromatic heterocycles. The lowest BCUT2D eigenvalue weighted by Gasteiger charge is -2.33. The van der Waals surface area contributed by atoms with Gasteiger partial charge in [0.2, 0.25) is 5.91 Å². The van der Waals surface area contributed by atoms with Crippen molar-refractivity contribution in [1.82, 2.24) is 20.2 Å². The Morgan fingerprint density at radius 3 is 2.42 bits per heavy atom. The predicted molar refractivity (Wildman–Crippen MR) is 136 cm³/mol. The Balaban J connectivity index is 1.78. The number of benzene rings is 2. The van der Waals surface area contributed by atoms with Gasteiger partial charge in [-0.25, -0.2) is 4.98 Å². The minimum atomic E-state index is -0.915. The number of methoxy groups -OCH3 is 2. The largest absolute Gasteiger partial charge is 0.493 e. The molecule has 1 heterocycles. The number of hydrogen-bond donors (Lipinski definition) is 1. The molecule has 2 amide bonds. The van der Waals surface area contributed by atoms with Crippen LogP contribution in [0.15, 0.2) is 67.1 Å². The van der Waals surface area contributed by atoms with Crippen LogP contribution in [0.1, 0.15) is 59.8 Å². The van der Waals surface area contributed by atoms with Gasteiger partial charge >= 0.3 is 0 Å². The van der Waals surface area contributed by atoms with Crippen LogP contribution in [0.4, 0.5) is 0 Å². The van der Waals surface area contributed by atoms with Crippen molar-refractivity contribution in [1.29, 1.82) is 0 Å². The summed E-state index contributed by atoms with van der Waals surface area (Å²) in [5, 5.41) is 3.22. The van der Waals surface area contributed by atoms with Crippen LogP contribution in [0, 0.1) is 0 Å². The van der Waals surface area contributed by atoms with Crippen molar-refractivity contribution in [2.75, 3.05) is 14.2 Å². The first-order valence-electron chi connectivity index (χ1n) is 12.2. The highest BCUT2D eigenvalue weighted by atomic mass is 16.5. The summed E-state index contributed by atoms with van der Waals surface area (Å²) < 4.78 is 10.9. The summed E-state index contributed by atoms with van der Waals surface area (Å²) in [6.07, 6.45) is 9.61. The fourth-order valence-corrected chi connectivity index (χ4v) is 4.64. The van der Waals surface area contributed by atoms with Gasteiger partial charge in [0.1, 0.15) is 11.7 Å². The van der Waals surface area contributed by atoms with Gasteiger partial charge in [-0.3, -0.25) is 14.6 Å². The number of ether oxygens (including phenoxy) is 2. The molecule has 1 saturated carbocycles. The van der Waals surface area contributed by atoms with Crippen molar-refractivity contribution >= 4 is 11.8 Å². The SMILES string of the molecule is COc1ccc(C(C(=O)NC2CCCCC2)N(Cc2ccccc2)C(=O)c2cnccn2)cc1OC. The Morgan fingerprint density at radius 2 is 1.75 bits per heavy atom. The van der Waals surface area contributed by atoms with E-state index in [1.807, 2.05) is 30.3 Å². The number of rotatable bonds is 9. The standard InChI is InChI=1S/C28H32N4O4/c1-35-24-14-13-21(17-25(24)36-2)26(27(33)31-22-11-7-4-8-12-22)32(19-20-9-5-3-6-10-20)28(34)23-18-29-15-16-30-23/h3,5-6,9-10,13-18,22,26H,4,7-8,11-12,19H2,1-2H3,(H,31,33). The van der Waals surface area contributed by atoms with E-state index in [1.54, 1.807) is 37.3 Å². The van der Waals surface area contributed by atoms with E-state index < -0.39 is 6.04 Å². The molecule has 8 heteroatoms. The summed E-state index contributed by atoms with van der Waals surface area (Å²) in [7, 11) is 3.11. The number of nitrogens with zero attached hydrogens (tertiary/aromatic N) is 3. The Labute approximate surface area is 211 Å². The number of aromatic nitrogens is 2. The first-order valence-corrected chi connectivity index (χ1v) is 12.2. The third-order valence-corrected chi connectivity index (χ3v) is 6.47. The molecule has 1 unspecified atom stereocenters. The second-order valence-corrected chi connectivity index (χ2v) is 8.87. The molecule has 0 bridgehead atoms. The molecular weight excluding hydrogens is 456 g/mol. The highest BCUT2D eigenvalue weighted by molar-refractivity contribution is 5.96. The van der Waals surface area contributed by atoms with Crippen LogP contribution in [0.25, 0.3) is 0 Å². The van der Waals surface area contributed by atoms with Gasteiger partial charge in [-0.1, -0.05) is 55.7 Å². The van der Waals surface area contributed by atoms with E-state index in [0.717, 1.165) is 31.2 Å². The Bertz CT molecular complexity index is 1150. The summed E-state index contributed by atoms with van der Waals surface area (Å²) in [5.41, 5.74) is 1.68. The van der Waals surface area contributed by atoms with E-state index in [1.165, 1.54) is 25.0 Å². The molecule has 188 valence electrons. The topological polar surface area (TPSA) is 93.7 Å². The minimum absolute atomic E-state index is 0.0825. The second kappa shape index (κ2) is 12.2. The van der Waals surface area contributed by atoms with E-state index in [0.29, 0.717) is 17.1 Å². The Kier molecular flexibility index (Phi) is 8.49. The molecule has 36 heavy (non-hydrogen) atoms. The average molecular weight is 489 g/mol. The highest BCUT2D eigenvalue weighted by Gasteiger charge is 2.34. The van der Waals surface area contributed by atoms with Gasteiger partial charge in [0.05, 0.1) is 20.4 Å². The highest BCUT2D eigenvalue weighted by Crippen LogP contribution is 2.34. The van der Waals surface area contributed by atoms with Crippen LogP contribution in [-0.4, -0.2) is 46.9 Å². The van der Waals surface area contributed by atoms with Crippen LogP contribution in [0.5, 0.6) is 11.5 Å². The molecule has 1 N–H and O–H groups in total. The number of hydrogen-bond acceptors (Lipinski definition) is 6. The maximum absolute atomic E-state index is 13.9. The van der Waals surface area contributed by atoms with Crippen molar-refractivity contribution in [2.24, 2.45) is 0 Å². The van der Waals surface area contributed by atoms with Crippen molar-refractivity contribution in [3.8, 4) is 11.5 Å². The van der Waals surface area contributed by atoms with Crippen molar-refractivity contribution in [2.45, 2.75) is 50.7 Å². The fourth-order valence-electron chi connectivity index (χ4n) is 4.64. The predicted octanol–water partition coefficient (Wildman–Crippen LogP) is 4.33. The number of carbonyl (C=O) groups is 2. The van der Waals surface area contributed by atoms with Gasteiger partial charge < -0.3 is 19.7 Å². The lowest BCUT2D eigenvalue weighted by Crippen LogP contribution is -2.47. The third kappa shape index (κ3) is 6.00. The van der Waals surface area contributed by atoms with Crippen LogP contribution >= 0.6 is 0 Å². The smallest absolute Gasteiger partial charge is 0.275 e. The van der Waals surface area contributed by atoms with E-state index in [9.17, 15) is 9.59 Å². The van der Waals surface area contributed by atoms with Gasteiger partial charge in [-0.05, 0) is 36.1 Å². The number of nitrogens with one attached hydrogen (secondary N) is 1. The Morgan fingerprint density at radius 1 is 1.00 bits per heavy atom. The van der Waals surface area contributed by atoms with Crippen LogP contribution in [0.2, 0.25) is 0 Å². The maximum atomic E-state index is 13.9. The minimum Gasteiger partial charge on any atom is -0.493 e. The van der Waals surface area contributed by atoms with E-state index in [2.05, 4.69) is 15.3 Å². The Hall–Kier alpha value is -3.94. The zero-order valence-electron chi connectivity index (χ0n) is 20.7. The second-order valence-electron chi connectivity index (χ2n) is 8.87. The quantitative estimate of drug-likeness (QED) is 0.482. The third-order valence-electron chi connectivity index (χ3n) is 6.47. The van der Waals surface area contributed by atoms with Crippen molar-refractivity contribution in [3.63, 3.8) is 0 Å². The van der Waals surface area contributed by atoms with Gasteiger partial charge in [-0.2, -0.15) is 0 Å². The summed E-state index contributed by atoms with van der Waals surface area (Å²) in [5.74, 6) is 0.410. The first-order chi connectivity index (χ1) is 17.6. The van der Waals surface area contributed by atoms with Gasteiger partial charge in [0.15, 0.2) is 11.5 Å². The molecule has 0 saturated heterocycles. The summed E-state index contributed by atoms with van der Waals surface area (Å²) >= 11 is 0. The molecular formula is C28H32N4O4. The number of amides is 2. The molecule has 0 spiro atoms. The van der Waals surface area contributed by atoms with E-state index in [-0.39, 0.29) is 30.1 Å². The first kappa shape index (κ1) is 25.2. The van der Waals surface area contributed by atoms with E-state index >= 15 is 0 Å². The molecule has 8 nitrogen and oxygen atoms in total. The van der Waals surface area contributed by atoms with Crippen LogP contribution < -0.4 is 14.8 Å². The lowest BCUT2D eigenvalue weighted by atomic mass is 9.94. The molecule has 4 rings (SSSR count). The number of carbonyl (C=O) groups excluding carboxylic acids is 2. The molecule has 0 radical (unpaired) electrons. The van der Waals surface area contributed by atoms with Gasteiger partial charge in [0.25, 0.3) is 5.91 Å². The van der Waals surface area contributed by atoms with Crippen LogP contribution in [-0.2, 0) is 11.3 Å². The fraction of sp³-hybridized carbons (Fsp3) is 0.357. The summed E-state index contributed by atoms with van der Waals surface area (Å²) in [4.78, 5) is 37.6. The molecule has 2 aromatic carbocycles. The maximum Gasteiger partial charge on any atom is 0.275 e. The van der Waals surface area contributed by atoms with Gasteiger partial charge in [-0.15, -0.1) is 0 Å². The van der Waals surface area contributed by atoms with Gasteiger partial charge in [0, 0.05) is 25.0 Å². The lowest BCUT2D eigenvalue weighted by molar-refractivity contribution is -0.127. The molecule has 1 fully saturated rings. The summed E-state index contributed by atoms with van der Waals surface area (Å²) in [6.45, 7) is 0.216. The molecule has 1 aliphatic rings. The van der Waals surface area contributed by atoms with E-state index in [4.69, 9.17) is 9.47 Å². The molecule has 1 atom stereocenters. The zero-order chi connectivity index (χ0) is 25.3. The monoisotopic (exact) mass is 488 g/mol. The van der Waals surface area contributed by atoms with Crippen molar-refractivity contribution < 1.29 is 19.1 Å². The average Bonchev–Trinajstić information content (AvgIpc) is 2.93. The zero-order valence-corrected chi connectivity index (χ0v) is 20.7. The normalized spacial score (nSPS) is 14.5. The molecule has 3 aromatic rings.